The number of halogens is 1. The van der Waals surface area contributed by atoms with Crippen molar-refractivity contribution in [2.45, 2.75) is 33.3 Å². The lowest BCUT2D eigenvalue weighted by Gasteiger charge is -2.13. The van der Waals surface area contributed by atoms with E-state index in [1.807, 2.05) is 26.0 Å². The van der Waals surface area contributed by atoms with Crippen molar-refractivity contribution in [2.75, 3.05) is 13.2 Å². The molecular formula is C28H29BrN2O6. The first-order valence-electron chi connectivity index (χ1n) is 11.9. The highest BCUT2D eigenvalue weighted by molar-refractivity contribution is 9.10. The van der Waals surface area contributed by atoms with Gasteiger partial charge in [-0.25, -0.2) is 10.2 Å². The molecule has 1 N–H and O–H groups in total. The van der Waals surface area contributed by atoms with Crippen molar-refractivity contribution in [3.05, 3.63) is 82.3 Å². The van der Waals surface area contributed by atoms with Crippen molar-refractivity contribution in [2.24, 2.45) is 5.10 Å². The third kappa shape index (κ3) is 8.64. The molecule has 1 atom stereocenters. The van der Waals surface area contributed by atoms with Crippen molar-refractivity contribution in [1.29, 1.82) is 0 Å². The number of esters is 1. The number of ether oxygens (including phenoxy) is 4. The predicted molar refractivity (Wildman–Crippen MR) is 145 cm³/mol. The highest BCUT2D eigenvalue weighted by Gasteiger charge is 2.15. The Hall–Kier alpha value is -3.85. The zero-order chi connectivity index (χ0) is 26.6. The molecule has 0 aliphatic carbocycles. The molecule has 3 aromatic carbocycles. The molecule has 9 heteroatoms. The highest BCUT2D eigenvalue weighted by atomic mass is 79.9. The summed E-state index contributed by atoms with van der Waals surface area (Å²) in [6, 6.07) is 18.9. The topological polar surface area (TPSA) is 95.5 Å². The van der Waals surface area contributed by atoms with Crippen molar-refractivity contribution in [3.8, 4) is 23.0 Å². The van der Waals surface area contributed by atoms with Crippen molar-refractivity contribution in [3.63, 3.8) is 0 Å². The Labute approximate surface area is 224 Å². The number of nitrogens with one attached hydrogen (secondary N) is 1. The molecule has 0 aromatic heterocycles. The minimum atomic E-state index is -0.744. The summed E-state index contributed by atoms with van der Waals surface area (Å²) < 4.78 is 23.3. The second kappa shape index (κ2) is 14.0. The SMILES string of the molecule is CCCOc1ccc(C(=O)Oc2ccc(/C=N\NC(=O)[C@H](C)Oc3ccc(Br)cc3)cc2OCC)cc1. The Morgan fingerprint density at radius 2 is 1.65 bits per heavy atom. The van der Waals surface area contributed by atoms with Crippen LogP contribution in [0, 0.1) is 0 Å². The summed E-state index contributed by atoms with van der Waals surface area (Å²) in [5, 5.41) is 4.00. The van der Waals surface area contributed by atoms with E-state index in [1.54, 1.807) is 61.5 Å². The van der Waals surface area contributed by atoms with Crippen LogP contribution in [0.4, 0.5) is 0 Å². The Morgan fingerprint density at radius 3 is 2.32 bits per heavy atom. The third-order valence-corrected chi connectivity index (χ3v) is 5.45. The maximum absolute atomic E-state index is 12.6. The molecule has 0 radical (unpaired) electrons. The van der Waals surface area contributed by atoms with Gasteiger partial charge in [0.15, 0.2) is 17.6 Å². The molecule has 0 bridgehead atoms. The van der Waals surface area contributed by atoms with Crippen LogP contribution in [0.1, 0.15) is 43.1 Å². The Bertz CT molecular complexity index is 1210. The second-order valence-corrected chi connectivity index (χ2v) is 8.77. The number of rotatable bonds is 12. The molecule has 0 aliphatic rings. The normalized spacial score (nSPS) is 11.6. The molecule has 3 aromatic rings. The quantitative estimate of drug-likeness (QED) is 0.129. The largest absolute Gasteiger partial charge is 0.494 e. The Kier molecular flexibility index (Phi) is 10.5. The summed E-state index contributed by atoms with van der Waals surface area (Å²) in [4.78, 5) is 24.9. The van der Waals surface area contributed by atoms with Crippen LogP contribution in [-0.2, 0) is 4.79 Å². The lowest BCUT2D eigenvalue weighted by atomic mass is 10.2. The number of hydrogen-bond donors (Lipinski definition) is 1. The van der Waals surface area contributed by atoms with Gasteiger partial charge in [0, 0.05) is 4.47 Å². The minimum Gasteiger partial charge on any atom is -0.494 e. The van der Waals surface area contributed by atoms with Gasteiger partial charge in [-0.05, 0) is 92.6 Å². The summed E-state index contributed by atoms with van der Waals surface area (Å²) in [6.45, 7) is 6.47. The van der Waals surface area contributed by atoms with E-state index >= 15 is 0 Å². The molecule has 0 aliphatic heterocycles. The highest BCUT2D eigenvalue weighted by Crippen LogP contribution is 2.29. The van der Waals surface area contributed by atoms with E-state index in [2.05, 4.69) is 26.5 Å². The zero-order valence-electron chi connectivity index (χ0n) is 20.9. The number of benzene rings is 3. The molecular weight excluding hydrogens is 540 g/mol. The minimum absolute atomic E-state index is 0.274. The van der Waals surface area contributed by atoms with Crippen LogP contribution >= 0.6 is 15.9 Å². The number of nitrogens with zero attached hydrogens (tertiary/aromatic N) is 1. The Morgan fingerprint density at radius 1 is 0.946 bits per heavy atom. The zero-order valence-corrected chi connectivity index (χ0v) is 22.5. The lowest BCUT2D eigenvalue weighted by molar-refractivity contribution is -0.127. The fraction of sp³-hybridized carbons (Fsp3) is 0.250. The van der Waals surface area contributed by atoms with Gasteiger partial charge in [-0.2, -0.15) is 5.10 Å². The molecule has 0 unspecified atom stereocenters. The van der Waals surface area contributed by atoms with E-state index < -0.39 is 18.0 Å². The van der Waals surface area contributed by atoms with Crippen LogP contribution in [0.25, 0.3) is 0 Å². The summed E-state index contributed by atoms with van der Waals surface area (Å²) in [7, 11) is 0. The molecule has 0 fully saturated rings. The van der Waals surface area contributed by atoms with Gasteiger partial charge in [0.05, 0.1) is 25.0 Å². The van der Waals surface area contributed by atoms with Gasteiger partial charge >= 0.3 is 5.97 Å². The maximum Gasteiger partial charge on any atom is 0.343 e. The summed E-state index contributed by atoms with van der Waals surface area (Å²) in [5.41, 5.74) is 3.49. The third-order valence-electron chi connectivity index (χ3n) is 4.92. The van der Waals surface area contributed by atoms with Gasteiger partial charge in [-0.15, -0.1) is 0 Å². The van der Waals surface area contributed by atoms with Crippen LogP contribution in [0.15, 0.2) is 76.3 Å². The van der Waals surface area contributed by atoms with Crippen LogP contribution in [-0.4, -0.2) is 37.4 Å². The first kappa shape index (κ1) is 27.7. The Balaban J connectivity index is 1.60. The van der Waals surface area contributed by atoms with Crippen molar-refractivity contribution >= 4 is 34.0 Å². The average molecular weight is 569 g/mol. The number of hydrogen-bond acceptors (Lipinski definition) is 7. The van der Waals surface area contributed by atoms with Crippen LogP contribution < -0.4 is 24.4 Å². The molecule has 0 spiro atoms. The van der Waals surface area contributed by atoms with Gasteiger partial charge in [0.2, 0.25) is 0 Å². The monoisotopic (exact) mass is 568 g/mol. The molecule has 0 heterocycles. The van der Waals surface area contributed by atoms with Gasteiger partial charge in [0.25, 0.3) is 5.91 Å². The van der Waals surface area contributed by atoms with Crippen molar-refractivity contribution in [1.82, 2.24) is 5.43 Å². The molecule has 3 rings (SSSR count). The van der Waals surface area contributed by atoms with Crippen LogP contribution in [0.5, 0.6) is 23.0 Å². The summed E-state index contributed by atoms with van der Waals surface area (Å²) in [5.74, 6) is 0.995. The summed E-state index contributed by atoms with van der Waals surface area (Å²) >= 11 is 3.36. The van der Waals surface area contributed by atoms with E-state index in [1.165, 1.54) is 6.21 Å². The van der Waals surface area contributed by atoms with Crippen LogP contribution in [0.2, 0.25) is 0 Å². The predicted octanol–water partition coefficient (Wildman–Crippen LogP) is 5.77. The van der Waals surface area contributed by atoms with E-state index in [4.69, 9.17) is 18.9 Å². The maximum atomic E-state index is 12.6. The standard InChI is InChI=1S/C28H29BrN2O6/c1-4-16-35-23-11-7-21(8-12-23)28(33)37-25-15-6-20(17-26(25)34-5-2)18-30-31-27(32)19(3)36-24-13-9-22(29)10-14-24/h6-15,17-19H,4-5,16H2,1-3H3,(H,31,32)/b30-18-/t19-/m0/s1. The molecule has 0 saturated carbocycles. The van der Waals surface area contributed by atoms with E-state index in [0.29, 0.717) is 41.6 Å². The first-order chi connectivity index (χ1) is 17.9. The fourth-order valence-electron chi connectivity index (χ4n) is 3.06. The fourth-order valence-corrected chi connectivity index (χ4v) is 3.32. The first-order valence-corrected chi connectivity index (χ1v) is 12.7. The molecule has 37 heavy (non-hydrogen) atoms. The molecule has 194 valence electrons. The smallest absolute Gasteiger partial charge is 0.343 e. The second-order valence-electron chi connectivity index (χ2n) is 7.85. The number of carbonyl (C=O) groups excluding carboxylic acids is 2. The van der Waals surface area contributed by atoms with Gasteiger partial charge in [-0.1, -0.05) is 22.9 Å². The molecule has 1 amide bonds. The molecule has 8 nitrogen and oxygen atoms in total. The van der Waals surface area contributed by atoms with Gasteiger partial charge < -0.3 is 18.9 Å². The van der Waals surface area contributed by atoms with Crippen LogP contribution in [0.3, 0.4) is 0 Å². The number of hydrazone groups is 1. The summed E-state index contributed by atoms with van der Waals surface area (Å²) in [6.07, 6.45) is 1.62. The van der Waals surface area contributed by atoms with Crippen molar-refractivity contribution < 1.29 is 28.5 Å². The average Bonchev–Trinajstić information content (AvgIpc) is 2.90. The number of carbonyl (C=O) groups is 2. The molecule has 0 saturated heterocycles. The number of amides is 1. The van der Waals surface area contributed by atoms with Gasteiger partial charge in [-0.3, -0.25) is 4.79 Å². The van der Waals surface area contributed by atoms with E-state index in [0.717, 1.165) is 10.9 Å². The van der Waals surface area contributed by atoms with E-state index in [-0.39, 0.29) is 5.75 Å². The van der Waals surface area contributed by atoms with E-state index in [9.17, 15) is 9.59 Å². The van der Waals surface area contributed by atoms with Gasteiger partial charge in [0.1, 0.15) is 11.5 Å². The lowest BCUT2D eigenvalue weighted by Crippen LogP contribution is -2.33.